The van der Waals surface area contributed by atoms with Gasteiger partial charge in [0.15, 0.2) is 0 Å². The van der Waals surface area contributed by atoms with Crippen LogP contribution in [0.3, 0.4) is 0 Å². The van der Waals surface area contributed by atoms with Crippen LogP contribution < -0.4 is 0 Å². The van der Waals surface area contributed by atoms with Gasteiger partial charge in [0.05, 0.1) is 4.70 Å². The quantitative estimate of drug-likeness (QED) is 0.852. The van der Waals surface area contributed by atoms with Crippen LogP contribution in [0.2, 0.25) is 0 Å². The van der Waals surface area contributed by atoms with Crippen molar-refractivity contribution in [2.75, 3.05) is 27.2 Å². The summed E-state index contributed by atoms with van der Waals surface area (Å²) in [5.74, 6) is 0.0241. The van der Waals surface area contributed by atoms with Crippen molar-refractivity contribution in [3.05, 3.63) is 29.5 Å². The summed E-state index contributed by atoms with van der Waals surface area (Å²) < 4.78 is 5.45. The second-order valence-corrected chi connectivity index (χ2v) is 6.77. The van der Waals surface area contributed by atoms with Crippen molar-refractivity contribution in [2.45, 2.75) is 25.8 Å². The highest BCUT2D eigenvalue weighted by atomic mass is 32.1. The van der Waals surface area contributed by atoms with E-state index in [4.69, 9.17) is 0 Å². The van der Waals surface area contributed by atoms with Crippen LogP contribution in [-0.2, 0) is 0 Å². The molecule has 4 nitrogen and oxygen atoms in total. The van der Waals surface area contributed by atoms with Gasteiger partial charge in [0, 0.05) is 31.6 Å². The largest absolute Gasteiger partial charge is 0.339 e. The Bertz CT molecular complexity index is 663. The van der Waals surface area contributed by atoms with E-state index in [9.17, 15) is 4.79 Å². The van der Waals surface area contributed by atoms with Gasteiger partial charge in [-0.1, -0.05) is 11.6 Å². The predicted molar refractivity (Wildman–Crippen MR) is 87.0 cm³/mol. The molecule has 1 saturated carbocycles. The van der Waals surface area contributed by atoms with Gasteiger partial charge >= 0.3 is 0 Å². The highest BCUT2D eigenvalue weighted by Gasteiger charge is 2.26. The number of nitrogens with zero attached hydrogens (tertiary/aromatic N) is 3. The molecule has 0 aliphatic heterocycles. The van der Waals surface area contributed by atoms with E-state index in [1.165, 1.54) is 24.4 Å². The van der Waals surface area contributed by atoms with E-state index in [2.05, 4.69) is 28.5 Å². The summed E-state index contributed by atoms with van der Waals surface area (Å²) in [6, 6.07) is 6.88. The van der Waals surface area contributed by atoms with Gasteiger partial charge < -0.3 is 9.80 Å². The lowest BCUT2D eigenvalue weighted by Gasteiger charge is -2.21. The fourth-order valence-corrected chi connectivity index (χ4v) is 3.24. The van der Waals surface area contributed by atoms with E-state index in [-0.39, 0.29) is 5.91 Å². The number of aryl methyl sites for hydroxylation is 1. The summed E-state index contributed by atoms with van der Waals surface area (Å²) in [5, 5.41) is 0.979. The molecule has 2 aromatic rings. The number of fused-ring (bicyclic) bond motifs is 1. The second-order valence-electron chi connectivity index (χ2n) is 5.97. The Morgan fingerprint density at radius 1 is 1.33 bits per heavy atom. The highest BCUT2D eigenvalue weighted by molar-refractivity contribution is 7.13. The van der Waals surface area contributed by atoms with Gasteiger partial charge in [-0.2, -0.15) is 4.37 Å². The number of aromatic nitrogens is 1. The molecule has 3 rings (SSSR count). The molecule has 0 saturated heterocycles. The average molecular weight is 303 g/mol. The summed E-state index contributed by atoms with van der Waals surface area (Å²) in [4.78, 5) is 16.7. The lowest BCUT2D eigenvalue weighted by Crippen LogP contribution is -2.35. The Hall–Kier alpha value is -1.46. The predicted octanol–water partition coefficient (Wildman–Crippen LogP) is 2.77. The minimum absolute atomic E-state index is 0.0241. The first-order valence-corrected chi connectivity index (χ1v) is 8.15. The first kappa shape index (κ1) is 14.5. The third-order valence-corrected chi connectivity index (χ3v) is 4.96. The number of benzene rings is 1. The molecule has 1 amide bonds. The molecule has 0 atom stereocenters. The van der Waals surface area contributed by atoms with Crippen LogP contribution in [0.25, 0.3) is 10.1 Å². The first-order valence-electron chi connectivity index (χ1n) is 7.38. The van der Waals surface area contributed by atoms with Crippen molar-refractivity contribution in [3.8, 4) is 0 Å². The van der Waals surface area contributed by atoms with Crippen LogP contribution >= 0.6 is 11.5 Å². The lowest BCUT2D eigenvalue weighted by atomic mass is 10.1. The monoisotopic (exact) mass is 303 g/mol. The number of hydrogen-bond donors (Lipinski definition) is 0. The third-order valence-electron chi connectivity index (χ3n) is 4.13. The Kier molecular flexibility index (Phi) is 3.95. The molecule has 0 N–H and O–H groups in total. The van der Waals surface area contributed by atoms with Gasteiger partial charge in [0.25, 0.3) is 5.91 Å². The van der Waals surface area contributed by atoms with E-state index >= 15 is 0 Å². The minimum atomic E-state index is 0.0241. The summed E-state index contributed by atoms with van der Waals surface area (Å²) in [5.41, 5.74) is 1.75. The summed E-state index contributed by atoms with van der Waals surface area (Å²) in [6.45, 7) is 3.71. The van der Waals surface area contributed by atoms with Crippen LogP contribution in [0, 0.1) is 6.92 Å². The zero-order valence-electron chi connectivity index (χ0n) is 12.8. The van der Waals surface area contributed by atoms with Crippen LogP contribution in [-0.4, -0.2) is 53.3 Å². The molecular formula is C16H21N3OS. The van der Waals surface area contributed by atoms with Crippen molar-refractivity contribution in [1.82, 2.24) is 14.2 Å². The molecule has 5 heteroatoms. The maximum absolute atomic E-state index is 12.6. The zero-order chi connectivity index (χ0) is 15.0. The third kappa shape index (κ3) is 3.09. The number of amides is 1. The molecule has 0 spiro atoms. The van der Waals surface area contributed by atoms with Crippen molar-refractivity contribution in [3.63, 3.8) is 0 Å². The molecule has 1 aliphatic carbocycles. The standard InChI is InChI=1S/C16H21N3OS/c1-11-4-7-14-13(10-11)15(17-21-14)16(20)19(3)9-8-18(2)12-5-6-12/h4,7,10,12H,5-6,8-9H2,1-3H3. The van der Waals surface area contributed by atoms with Gasteiger partial charge in [0.2, 0.25) is 0 Å². The molecule has 1 aliphatic rings. The van der Waals surface area contributed by atoms with Gasteiger partial charge in [-0.15, -0.1) is 0 Å². The molecule has 112 valence electrons. The average Bonchev–Trinajstić information content (AvgIpc) is 3.24. The normalized spacial score (nSPS) is 14.9. The van der Waals surface area contributed by atoms with E-state index < -0.39 is 0 Å². The SMILES string of the molecule is Cc1ccc2snc(C(=O)N(C)CCN(C)C3CC3)c2c1. The highest BCUT2D eigenvalue weighted by Crippen LogP contribution is 2.26. The van der Waals surface area contributed by atoms with Gasteiger partial charge in [-0.3, -0.25) is 4.79 Å². The molecule has 1 aromatic carbocycles. The molecule has 1 fully saturated rings. The number of carbonyl (C=O) groups is 1. The second kappa shape index (κ2) is 5.73. The number of hydrogen-bond acceptors (Lipinski definition) is 4. The fraction of sp³-hybridized carbons (Fsp3) is 0.500. The maximum atomic E-state index is 12.6. The maximum Gasteiger partial charge on any atom is 0.273 e. The van der Waals surface area contributed by atoms with Gasteiger partial charge in [-0.25, -0.2) is 0 Å². The van der Waals surface area contributed by atoms with Crippen LogP contribution in [0.15, 0.2) is 18.2 Å². The Labute approximate surface area is 129 Å². The van der Waals surface area contributed by atoms with Crippen LogP contribution in [0.5, 0.6) is 0 Å². The Morgan fingerprint density at radius 3 is 2.81 bits per heavy atom. The van der Waals surface area contributed by atoms with Gasteiger partial charge in [0.1, 0.15) is 5.69 Å². The van der Waals surface area contributed by atoms with Gasteiger partial charge in [-0.05, 0) is 50.5 Å². The fourth-order valence-electron chi connectivity index (χ4n) is 2.49. The molecule has 1 heterocycles. The van der Waals surface area contributed by atoms with Crippen molar-refractivity contribution < 1.29 is 4.79 Å². The Balaban J connectivity index is 1.71. The van der Waals surface area contributed by atoms with Crippen LogP contribution in [0.1, 0.15) is 28.9 Å². The molecule has 1 aromatic heterocycles. The molecule has 0 radical (unpaired) electrons. The van der Waals surface area contributed by atoms with E-state index in [1.54, 1.807) is 4.90 Å². The van der Waals surface area contributed by atoms with E-state index in [1.807, 2.05) is 20.0 Å². The van der Waals surface area contributed by atoms with Crippen molar-refractivity contribution in [2.24, 2.45) is 0 Å². The summed E-state index contributed by atoms with van der Waals surface area (Å²) in [6.07, 6.45) is 2.59. The van der Waals surface area contributed by atoms with Crippen molar-refractivity contribution >= 4 is 27.5 Å². The number of likely N-dealkylation sites (N-methyl/N-ethyl adjacent to an activating group) is 2. The molecule has 21 heavy (non-hydrogen) atoms. The lowest BCUT2D eigenvalue weighted by molar-refractivity contribution is 0.0779. The van der Waals surface area contributed by atoms with Crippen LogP contribution in [0.4, 0.5) is 0 Å². The molecule has 0 unspecified atom stereocenters. The summed E-state index contributed by atoms with van der Waals surface area (Å²) >= 11 is 1.40. The van der Waals surface area contributed by atoms with E-state index in [0.717, 1.165) is 34.8 Å². The molecular weight excluding hydrogens is 282 g/mol. The number of rotatable bonds is 5. The topological polar surface area (TPSA) is 36.4 Å². The number of carbonyl (C=O) groups excluding carboxylic acids is 1. The summed E-state index contributed by atoms with van der Waals surface area (Å²) in [7, 11) is 4.00. The zero-order valence-corrected chi connectivity index (χ0v) is 13.6. The smallest absolute Gasteiger partial charge is 0.273 e. The minimum Gasteiger partial charge on any atom is -0.339 e. The molecule has 0 bridgehead atoms. The Morgan fingerprint density at radius 2 is 2.10 bits per heavy atom. The first-order chi connectivity index (χ1) is 10.1. The van der Waals surface area contributed by atoms with Crippen molar-refractivity contribution in [1.29, 1.82) is 0 Å². The van der Waals surface area contributed by atoms with E-state index in [0.29, 0.717) is 5.69 Å².